The van der Waals surface area contributed by atoms with E-state index in [9.17, 15) is 4.79 Å². The monoisotopic (exact) mass is 402 g/mol. The van der Waals surface area contributed by atoms with Crippen LogP contribution in [0.25, 0.3) is 11.2 Å². The Hall–Kier alpha value is -2.13. The molecule has 0 unspecified atom stereocenters. The lowest BCUT2D eigenvalue weighted by Crippen LogP contribution is -2.34. The number of hydrogen-bond donors (Lipinski definition) is 1. The molecule has 4 heterocycles. The molecule has 9 heteroatoms. The van der Waals surface area contributed by atoms with Crippen LogP contribution in [0.5, 0.6) is 0 Å². The van der Waals surface area contributed by atoms with Crippen molar-refractivity contribution in [3.8, 4) is 0 Å². The van der Waals surface area contributed by atoms with Gasteiger partial charge in [0.25, 0.3) is 5.56 Å². The van der Waals surface area contributed by atoms with Crippen LogP contribution in [0.1, 0.15) is 48.7 Å². The second kappa shape index (κ2) is 8.08. The Kier molecular flexibility index (Phi) is 5.54. The number of rotatable bonds is 6. The van der Waals surface area contributed by atoms with Crippen LogP contribution in [0.3, 0.4) is 0 Å². The normalized spacial score (nSPS) is 16.2. The number of aromatic amines is 1. The summed E-state index contributed by atoms with van der Waals surface area (Å²) in [6.07, 6.45) is 1.90. The SMILES string of the molecule is CCSCc1nc2c(nnn2C2CCN(Cc3cc(C)c(C)o3)CC2)c(=O)[nH]1. The maximum atomic E-state index is 12.3. The maximum Gasteiger partial charge on any atom is 0.281 e. The Bertz CT molecular complexity index is 996. The van der Waals surface area contributed by atoms with Gasteiger partial charge in [0.05, 0.1) is 18.3 Å². The summed E-state index contributed by atoms with van der Waals surface area (Å²) in [5.74, 6) is 4.37. The van der Waals surface area contributed by atoms with E-state index in [1.165, 1.54) is 5.56 Å². The molecule has 1 aliphatic heterocycles. The minimum atomic E-state index is -0.205. The van der Waals surface area contributed by atoms with Crippen molar-refractivity contribution in [1.29, 1.82) is 0 Å². The Labute approximate surface area is 167 Å². The molecule has 1 N–H and O–H groups in total. The average molecular weight is 403 g/mol. The number of H-pyrrole nitrogens is 1. The summed E-state index contributed by atoms with van der Waals surface area (Å²) >= 11 is 1.73. The van der Waals surface area contributed by atoms with Crippen molar-refractivity contribution >= 4 is 22.9 Å². The molecule has 8 nitrogen and oxygen atoms in total. The molecule has 1 fully saturated rings. The highest BCUT2D eigenvalue weighted by Gasteiger charge is 2.25. The number of furan rings is 1. The number of likely N-dealkylation sites (tertiary alicyclic amines) is 1. The van der Waals surface area contributed by atoms with E-state index in [4.69, 9.17) is 4.42 Å². The third-order valence-electron chi connectivity index (χ3n) is 5.33. The fourth-order valence-corrected chi connectivity index (χ4v) is 4.20. The van der Waals surface area contributed by atoms with Crippen molar-refractivity contribution in [2.24, 2.45) is 0 Å². The molecule has 28 heavy (non-hydrogen) atoms. The minimum Gasteiger partial charge on any atom is -0.465 e. The summed E-state index contributed by atoms with van der Waals surface area (Å²) in [7, 11) is 0. The number of aryl methyl sites for hydroxylation is 2. The second-order valence-corrected chi connectivity index (χ2v) is 8.59. The minimum absolute atomic E-state index is 0.205. The van der Waals surface area contributed by atoms with Gasteiger partial charge in [0.15, 0.2) is 11.2 Å². The van der Waals surface area contributed by atoms with Crippen LogP contribution in [0, 0.1) is 13.8 Å². The molecular weight excluding hydrogens is 376 g/mol. The largest absolute Gasteiger partial charge is 0.465 e. The lowest BCUT2D eigenvalue weighted by atomic mass is 10.1. The Morgan fingerprint density at radius 3 is 2.79 bits per heavy atom. The first kappa shape index (κ1) is 19.2. The first-order chi connectivity index (χ1) is 13.5. The summed E-state index contributed by atoms with van der Waals surface area (Å²) in [5, 5.41) is 8.35. The van der Waals surface area contributed by atoms with Crippen molar-refractivity contribution < 1.29 is 4.42 Å². The number of thioether (sulfide) groups is 1. The predicted octanol–water partition coefficient (Wildman–Crippen LogP) is 2.81. The van der Waals surface area contributed by atoms with Gasteiger partial charge >= 0.3 is 0 Å². The van der Waals surface area contributed by atoms with E-state index in [2.05, 4.69) is 45.1 Å². The van der Waals surface area contributed by atoms with Crippen molar-refractivity contribution in [3.63, 3.8) is 0 Å². The summed E-state index contributed by atoms with van der Waals surface area (Å²) in [6.45, 7) is 8.90. The third-order valence-corrected chi connectivity index (χ3v) is 6.21. The van der Waals surface area contributed by atoms with Gasteiger partial charge in [-0.15, -0.1) is 5.10 Å². The number of fused-ring (bicyclic) bond motifs is 1. The Morgan fingerprint density at radius 1 is 1.32 bits per heavy atom. The van der Waals surface area contributed by atoms with Gasteiger partial charge in [-0.05, 0) is 44.1 Å². The van der Waals surface area contributed by atoms with Gasteiger partial charge in [-0.25, -0.2) is 9.67 Å². The highest BCUT2D eigenvalue weighted by atomic mass is 32.2. The van der Waals surface area contributed by atoms with Crippen LogP contribution in [-0.4, -0.2) is 48.7 Å². The van der Waals surface area contributed by atoms with Crippen molar-refractivity contribution in [2.75, 3.05) is 18.8 Å². The molecule has 3 aromatic rings. The summed E-state index contributed by atoms with van der Waals surface area (Å²) < 4.78 is 7.66. The maximum absolute atomic E-state index is 12.3. The first-order valence-corrected chi connectivity index (χ1v) is 10.9. The van der Waals surface area contributed by atoms with Gasteiger partial charge in [0, 0.05) is 13.1 Å². The van der Waals surface area contributed by atoms with E-state index in [0.717, 1.165) is 49.7 Å². The fourth-order valence-electron chi connectivity index (χ4n) is 3.67. The molecule has 1 aliphatic rings. The van der Waals surface area contributed by atoms with E-state index in [0.29, 0.717) is 22.7 Å². The second-order valence-electron chi connectivity index (χ2n) is 7.32. The molecule has 0 aromatic carbocycles. The predicted molar refractivity (Wildman–Crippen MR) is 110 cm³/mol. The molecule has 0 spiro atoms. The van der Waals surface area contributed by atoms with Crippen molar-refractivity contribution in [1.82, 2.24) is 29.9 Å². The number of aromatic nitrogens is 5. The molecule has 0 saturated carbocycles. The average Bonchev–Trinajstić information content (AvgIpc) is 3.24. The van der Waals surface area contributed by atoms with Crippen LogP contribution in [-0.2, 0) is 12.3 Å². The van der Waals surface area contributed by atoms with Crippen LogP contribution < -0.4 is 5.56 Å². The summed E-state index contributed by atoms with van der Waals surface area (Å²) in [6, 6.07) is 2.33. The molecular formula is C19H26N6O2S. The number of nitrogens with zero attached hydrogens (tertiary/aromatic N) is 5. The fraction of sp³-hybridized carbons (Fsp3) is 0.579. The van der Waals surface area contributed by atoms with Crippen molar-refractivity contribution in [3.05, 3.63) is 39.3 Å². The summed E-state index contributed by atoms with van der Waals surface area (Å²) in [4.78, 5) is 22.2. The van der Waals surface area contributed by atoms with Crippen LogP contribution in [0.4, 0.5) is 0 Å². The quantitative estimate of drug-likeness (QED) is 0.678. The lowest BCUT2D eigenvalue weighted by Gasteiger charge is -2.31. The molecule has 0 bridgehead atoms. The van der Waals surface area contributed by atoms with Gasteiger partial charge in [-0.1, -0.05) is 12.1 Å². The van der Waals surface area contributed by atoms with E-state index < -0.39 is 0 Å². The van der Waals surface area contributed by atoms with E-state index >= 15 is 0 Å². The standard InChI is InChI=1S/C19H26N6O2S/c1-4-28-11-16-20-18-17(19(26)21-16)22-23-25(18)14-5-7-24(8-6-14)10-15-9-12(2)13(3)27-15/h9,14H,4-8,10-11H2,1-3H3,(H,20,21,26). The molecule has 0 radical (unpaired) electrons. The Morgan fingerprint density at radius 2 is 2.11 bits per heavy atom. The molecule has 0 amide bonds. The van der Waals surface area contributed by atoms with Crippen LogP contribution in [0.15, 0.2) is 15.3 Å². The number of piperidine rings is 1. The lowest BCUT2D eigenvalue weighted by molar-refractivity contribution is 0.163. The van der Waals surface area contributed by atoms with Gasteiger partial charge in [0.2, 0.25) is 0 Å². The van der Waals surface area contributed by atoms with Gasteiger partial charge < -0.3 is 9.40 Å². The molecule has 1 saturated heterocycles. The topological polar surface area (TPSA) is 92.8 Å². The molecule has 150 valence electrons. The van der Waals surface area contributed by atoms with Gasteiger partial charge in [0.1, 0.15) is 17.3 Å². The number of nitrogens with one attached hydrogen (secondary N) is 1. The molecule has 0 atom stereocenters. The highest BCUT2D eigenvalue weighted by molar-refractivity contribution is 7.98. The zero-order valence-electron chi connectivity index (χ0n) is 16.6. The van der Waals surface area contributed by atoms with Crippen LogP contribution in [0.2, 0.25) is 0 Å². The van der Waals surface area contributed by atoms with Crippen LogP contribution >= 0.6 is 11.8 Å². The molecule has 4 rings (SSSR count). The van der Waals surface area contributed by atoms with E-state index in [-0.39, 0.29) is 11.6 Å². The first-order valence-electron chi connectivity index (χ1n) is 9.75. The zero-order valence-corrected chi connectivity index (χ0v) is 17.4. The van der Waals surface area contributed by atoms with Crippen molar-refractivity contribution in [2.45, 2.75) is 52.0 Å². The highest BCUT2D eigenvalue weighted by Crippen LogP contribution is 2.26. The van der Waals surface area contributed by atoms with E-state index in [1.54, 1.807) is 11.8 Å². The van der Waals surface area contributed by atoms with Gasteiger partial charge in [-0.3, -0.25) is 9.69 Å². The van der Waals surface area contributed by atoms with Gasteiger partial charge in [-0.2, -0.15) is 11.8 Å². The zero-order chi connectivity index (χ0) is 19.7. The van der Waals surface area contributed by atoms with E-state index in [1.807, 2.05) is 11.6 Å². The Balaban J connectivity index is 1.47. The third kappa shape index (κ3) is 3.86. The number of hydrogen-bond acceptors (Lipinski definition) is 7. The smallest absolute Gasteiger partial charge is 0.281 e. The summed E-state index contributed by atoms with van der Waals surface area (Å²) in [5.41, 5.74) is 1.93. The molecule has 3 aromatic heterocycles. The molecule has 0 aliphatic carbocycles.